The molecule has 0 saturated heterocycles. The molecule has 2 rings (SSSR count). The van der Waals surface area contributed by atoms with Gasteiger partial charge in [-0.2, -0.15) is 5.26 Å². The molecule has 0 unspecified atom stereocenters. The van der Waals surface area contributed by atoms with Gasteiger partial charge in [0.1, 0.15) is 22.5 Å². The van der Waals surface area contributed by atoms with E-state index in [1.165, 1.54) is 11.8 Å². The molecule has 0 fully saturated rings. The van der Waals surface area contributed by atoms with Gasteiger partial charge in [0.2, 0.25) is 5.91 Å². The van der Waals surface area contributed by atoms with Gasteiger partial charge in [0, 0.05) is 5.69 Å². The quantitative estimate of drug-likeness (QED) is 0.689. The van der Waals surface area contributed by atoms with E-state index < -0.39 is 0 Å². The Balaban J connectivity index is 2.08. The predicted molar refractivity (Wildman–Crippen MR) is 91.5 cm³/mol. The van der Waals surface area contributed by atoms with Crippen LogP contribution in [0.15, 0.2) is 23.2 Å². The van der Waals surface area contributed by atoms with Crippen LogP contribution in [0.5, 0.6) is 0 Å². The number of carbonyl (C=O) groups excluding carboxylic acids is 1. The first-order valence-electron chi connectivity index (χ1n) is 7.16. The fraction of sp³-hybridized carbons (Fsp3) is 0.294. The molecular formula is C17H18N4OS. The summed E-state index contributed by atoms with van der Waals surface area (Å²) in [7, 11) is 0. The van der Waals surface area contributed by atoms with Crippen LogP contribution in [0.1, 0.15) is 28.2 Å². The van der Waals surface area contributed by atoms with Crippen molar-refractivity contribution in [3.8, 4) is 6.07 Å². The van der Waals surface area contributed by atoms with Crippen LogP contribution >= 0.6 is 11.8 Å². The van der Waals surface area contributed by atoms with Crippen molar-refractivity contribution >= 4 is 23.4 Å². The Kier molecular flexibility index (Phi) is 5.35. The van der Waals surface area contributed by atoms with Crippen molar-refractivity contribution in [2.45, 2.75) is 32.7 Å². The Morgan fingerprint density at radius 1 is 1.26 bits per heavy atom. The van der Waals surface area contributed by atoms with Gasteiger partial charge in [0.05, 0.1) is 11.4 Å². The van der Waals surface area contributed by atoms with Gasteiger partial charge in [-0.3, -0.25) is 4.79 Å². The summed E-state index contributed by atoms with van der Waals surface area (Å²) < 4.78 is 0. The fourth-order valence-electron chi connectivity index (χ4n) is 2.11. The first-order valence-corrected chi connectivity index (χ1v) is 8.14. The number of nitriles is 1. The summed E-state index contributed by atoms with van der Waals surface area (Å²) in [5.41, 5.74) is 3.98. The average molecular weight is 326 g/mol. The van der Waals surface area contributed by atoms with Crippen molar-refractivity contribution in [1.29, 1.82) is 5.26 Å². The summed E-state index contributed by atoms with van der Waals surface area (Å²) in [6, 6.07) is 8.03. The molecule has 1 heterocycles. The zero-order valence-corrected chi connectivity index (χ0v) is 14.4. The Labute approximate surface area is 140 Å². The minimum atomic E-state index is -0.124. The minimum absolute atomic E-state index is 0.124. The van der Waals surface area contributed by atoms with Crippen molar-refractivity contribution in [2.75, 3.05) is 11.1 Å². The highest BCUT2D eigenvalue weighted by Crippen LogP contribution is 2.23. The lowest BCUT2D eigenvalue weighted by atomic mass is 10.1. The van der Waals surface area contributed by atoms with E-state index >= 15 is 0 Å². The number of hydrogen-bond acceptors (Lipinski definition) is 5. The number of aromatic nitrogens is 2. The van der Waals surface area contributed by atoms with Crippen molar-refractivity contribution in [1.82, 2.24) is 9.97 Å². The molecule has 2 aromatic rings. The molecule has 0 radical (unpaired) electrons. The van der Waals surface area contributed by atoms with Gasteiger partial charge < -0.3 is 5.32 Å². The molecule has 0 aliphatic heterocycles. The number of benzene rings is 1. The highest BCUT2D eigenvalue weighted by atomic mass is 32.2. The second kappa shape index (κ2) is 7.25. The molecule has 0 aliphatic carbocycles. The average Bonchev–Trinajstić information content (AvgIpc) is 2.48. The van der Waals surface area contributed by atoms with E-state index in [1.807, 2.05) is 32.0 Å². The van der Waals surface area contributed by atoms with Gasteiger partial charge in [-0.05, 0) is 44.9 Å². The van der Waals surface area contributed by atoms with E-state index in [0.717, 1.165) is 16.8 Å². The summed E-state index contributed by atoms with van der Waals surface area (Å²) in [6.07, 6.45) is 0. The normalized spacial score (nSPS) is 10.2. The maximum atomic E-state index is 12.2. The monoisotopic (exact) mass is 326 g/mol. The van der Waals surface area contributed by atoms with Gasteiger partial charge in [-0.15, -0.1) is 0 Å². The Hall–Kier alpha value is -2.39. The van der Waals surface area contributed by atoms with E-state index in [2.05, 4.69) is 21.4 Å². The molecule has 1 N–H and O–H groups in total. The number of carbonyl (C=O) groups is 1. The molecule has 0 spiro atoms. The van der Waals surface area contributed by atoms with E-state index in [4.69, 9.17) is 0 Å². The fourth-order valence-corrected chi connectivity index (χ4v) is 2.98. The SMILES string of the molecule is Cc1ccc(C)c(NC(=O)CSc2nc(C)nc(C)c2C#N)c1. The highest BCUT2D eigenvalue weighted by molar-refractivity contribution is 8.00. The molecule has 23 heavy (non-hydrogen) atoms. The van der Waals surface area contributed by atoms with Gasteiger partial charge in [-0.1, -0.05) is 23.9 Å². The van der Waals surface area contributed by atoms with Crippen molar-refractivity contribution < 1.29 is 4.79 Å². The molecule has 6 heteroatoms. The van der Waals surface area contributed by atoms with E-state index in [-0.39, 0.29) is 11.7 Å². The van der Waals surface area contributed by atoms with E-state index in [1.54, 1.807) is 13.8 Å². The van der Waals surface area contributed by atoms with Gasteiger partial charge in [0.15, 0.2) is 0 Å². The predicted octanol–water partition coefficient (Wildman–Crippen LogP) is 3.31. The molecular weight excluding hydrogens is 308 g/mol. The molecule has 1 aromatic heterocycles. The van der Waals surface area contributed by atoms with Crippen LogP contribution in [0.2, 0.25) is 0 Å². The van der Waals surface area contributed by atoms with Crippen LogP contribution < -0.4 is 5.32 Å². The van der Waals surface area contributed by atoms with Crippen LogP contribution in [0, 0.1) is 39.0 Å². The third-order valence-electron chi connectivity index (χ3n) is 3.29. The third kappa shape index (κ3) is 4.30. The number of nitrogens with zero attached hydrogens (tertiary/aromatic N) is 3. The van der Waals surface area contributed by atoms with Crippen LogP contribution in [-0.4, -0.2) is 21.6 Å². The lowest BCUT2D eigenvalue weighted by molar-refractivity contribution is -0.113. The van der Waals surface area contributed by atoms with Crippen LogP contribution in [0.3, 0.4) is 0 Å². The summed E-state index contributed by atoms with van der Waals surface area (Å²) in [4.78, 5) is 20.6. The zero-order valence-electron chi connectivity index (χ0n) is 13.6. The first-order chi connectivity index (χ1) is 10.9. The maximum Gasteiger partial charge on any atom is 0.234 e. The lowest BCUT2D eigenvalue weighted by Gasteiger charge is -2.10. The molecule has 1 amide bonds. The van der Waals surface area contributed by atoms with Crippen molar-refractivity contribution in [3.05, 3.63) is 46.4 Å². The molecule has 1 aromatic carbocycles. The summed E-state index contributed by atoms with van der Waals surface area (Å²) in [6.45, 7) is 7.48. The highest BCUT2D eigenvalue weighted by Gasteiger charge is 2.13. The molecule has 5 nitrogen and oxygen atoms in total. The molecule has 0 aliphatic rings. The number of rotatable bonds is 4. The van der Waals surface area contributed by atoms with Gasteiger partial charge >= 0.3 is 0 Å². The Bertz CT molecular complexity index is 796. The Morgan fingerprint density at radius 2 is 2.00 bits per heavy atom. The van der Waals surface area contributed by atoms with Gasteiger partial charge in [0.25, 0.3) is 0 Å². The maximum absolute atomic E-state index is 12.2. The van der Waals surface area contributed by atoms with Crippen LogP contribution in [0.4, 0.5) is 5.69 Å². The molecule has 118 valence electrons. The van der Waals surface area contributed by atoms with Crippen LogP contribution in [-0.2, 0) is 4.79 Å². The number of aryl methyl sites for hydroxylation is 4. The van der Waals surface area contributed by atoms with Gasteiger partial charge in [-0.25, -0.2) is 9.97 Å². The van der Waals surface area contributed by atoms with Crippen molar-refractivity contribution in [2.24, 2.45) is 0 Å². The molecule has 0 atom stereocenters. The second-order valence-electron chi connectivity index (χ2n) is 5.30. The Morgan fingerprint density at radius 3 is 2.70 bits per heavy atom. The smallest absolute Gasteiger partial charge is 0.234 e. The van der Waals surface area contributed by atoms with Crippen molar-refractivity contribution in [3.63, 3.8) is 0 Å². The third-order valence-corrected chi connectivity index (χ3v) is 4.26. The standard InChI is InChI=1S/C17H18N4OS/c1-10-5-6-11(2)15(7-10)21-16(22)9-23-17-14(8-18)12(3)19-13(4)20-17/h5-7H,9H2,1-4H3,(H,21,22). The number of nitrogens with one attached hydrogen (secondary N) is 1. The summed E-state index contributed by atoms with van der Waals surface area (Å²) >= 11 is 1.25. The number of thioether (sulfide) groups is 1. The first kappa shape index (κ1) is 17.0. The summed E-state index contributed by atoms with van der Waals surface area (Å²) in [5, 5.41) is 12.7. The number of amides is 1. The van der Waals surface area contributed by atoms with E-state index in [0.29, 0.717) is 22.1 Å². The molecule has 0 saturated carbocycles. The number of hydrogen-bond donors (Lipinski definition) is 1. The second-order valence-corrected chi connectivity index (χ2v) is 6.27. The molecule has 0 bridgehead atoms. The largest absolute Gasteiger partial charge is 0.325 e. The lowest BCUT2D eigenvalue weighted by Crippen LogP contribution is -2.15. The van der Waals surface area contributed by atoms with E-state index in [9.17, 15) is 10.1 Å². The topological polar surface area (TPSA) is 78.7 Å². The number of anilines is 1. The zero-order chi connectivity index (χ0) is 17.0. The minimum Gasteiger partial charge on any atom is -0.325 e. The summed E-state index contributed by atoms with van der Waals surface area (Å²) in [5.74, 6) is 0.665. The van der Waals surface area contributed by atoms with Crippen LogP contribution in [0.25, 0.3) is 0 Å².